The zero-order chi connectivity index (χ0) is 13.7. The Kier molecular flexibility index (Phi) is 3.85. The second-order valence-corrected chi connectivity index (χ2v) is 8.27. The fourth-order valence-corrected chi connectivity index (χ4v) is 5.59. The van der Waals surface area contributed by atoms with E-state index >= 15 is 0 Å². The van der Waals surface area contributed by atoms with Crippen LogP contribution < -0.4 is 5.43 Å². The zero-order valence-electron chi connectivity index (χ0n) is 9.01. The van der Waals surface area contributed by atoms with E-state index in [4.69, 9.17) is 0 Å². The van der Waals surface area contributed by atoms with Crippen LogP contribution in [0.4, 0.5) is 0 Å². The van der Waals surface area contributed by atoms with Gasteiger partial charge in [0.15, 0.2) is 5.43 Å². The molecule has 1 heterocycles. The van der Waals surface area contributed by atoms with Gasteiger partial charge in [0.2, 0.25) is 0 Å². The normalized spacial score (nSPS) is 11.4. The molecule has 0 amide bonds. The molecule has 2 nitrogen and oxygen atoms in total. The maximum atomic E-state index is 11.8. The molecule has 0 atom stereocenters. The standard InChI is InChI=1S/C12H3Br4NOS/c13-4-1-5(14)10-8(2-4)19-12-9(16)7(18)3-6(15)11(12)17-10/h1-3H. The van der Waals surface area contributed by atoms with E-state index in [0.717, 1.165) is 29.7 Å². The lowest BCUT2D eigenvalue weighted by atomic mass is 10.2. The molecule has 0 unspecified atom stereocenters. The molecule has 1 aromatic rings. The SMILES string of the molecule is O=c1cc(Br)c2nc3c(Br)cc(Br)cc3sc-2c1Br. The summed E-state index contributed by atoms with van der Waals surface area (Å²) in [6, 6.07) is 5.48. The van der Waals surface area contributed by atoms with Crippen LogP contribution in [-0.2, 0) is 0 Å². The summed E-state index contributed by atoms with van der Waals surface area (Å²) in [6.45, 7) is 0. The molecule has 3 rings (SSSR count). The van der Waals surface area contributed by atoms with E-state index in [0.29, 0.717) is 8.95 Å². The highest BCUT2D eigenvalue weighted by atomic mass is 79.9. The Morgan fingerprint density at radius 1 is 1.00 bits per heavy atom. The number of hydrogen-bond acceptors (Lipinski definition) is 3. The van der Waals surface area contributed by atoms with E-state index in [1.54, 1.807) is 0 Å². The predicted octanol–water partition coefficient (Wildman–Crippen LogP) is 5.81. The molecule has 96 valence electrons. The summed E-state index contributed by atoms with van der Waals surface area (Å²) in [4.78, 5) is 17.3. The molecule has 0 spiro atoms. The van der Waals surface area contributed by atoms with Crippen LogP contribution in [0.2, 0.25) is 0 Å². The van der Waals surface area contributed by atoms with Crippen molar-refractivity contribution in [2.45, 2.75) is 0 Å². The van der Waals surface area contributed by atoms with Gasteiger partial charge in [-0.25, -0.2) is 4.98 Å². The lowest BCUT2D eigenvalue weighted by Gasteiger charge is -2.10. The lowest BCUT2D eigenvalue weighted by molar-refractivity contribution is 1.36. The van der Waals surface area contributed by atoms with Crippen molar-refractivity contribution in [3.8, 4) is 10.6 Å². The second kappa shape index (κ2) is 5.18. The minimum atomic E-state index is -0.0502. The third-order valence-corrected chi connectivity index (χ3v) is 6.39. The molecular formula is C12H3Br4NOS. The number of benzene rings is 2. The van der Waals surface area contributed by atoms with Crippen molar-refractivity contribution in [1.29, 1.82) is 0 Å². The molecule has 2 aliphatic rings. The van der Waals surface area contributed by atoms with Crippen molar-refractivity contribution in [1.82, 2.24) is 4.98 Å². The first-order valence-electron chi connectivity index (χ1n) is 5.05. The lowest BCUT2D eigenvalue weighted by Crippen LogP contribution is -2.04. The summed E-state index contributed by atoms with van der Waals surface area (Å²) in [5.74, 6) is 0. The van der Waals surface area contributed by atoms with E-state index < -0.39 is 0 Å². The maximum Gasteiger partial charge on any atom is 0.195 e. The summed E-state index contributed by atoms with van der Waals surface area (Å²) in [6.07, 6.45) is 0. The Bertz CT molecular complexity index is 845. The molecule has 0 aromatic heterocycles. The molecule has 0 fully saturated rings. The largest absolute Gasteiger partial charge is 0.289 e. The summed E-state index contributed by atoms with van der Waals surface area (Å²) >= 11 is 15.3. The Morgan fingerprint density at radius 2 is 1.74 bits per heavy atom. The number of nitrogens with zero attached hydrogens (tertiary/aromatic N) is 1. The van der Waals surface area contributed by atoms with Crippen molar-refractivity contribution in [2.24, 2.45) is 0 Å². The molecule has 0 saturated heterocycles. The van der Waals surface area contributed by atoms with Crippen LogP contribution in [0.5, 0.6) is 0 Å². The van der Waals surface area contributed by atoms with Gasteiger partial charge in [0, 0.05) is 19.5 Å². The minimum Gasteiger partial charge on any atom is -0.289 e. The molecule has 1 aliphatic carbocycles. The number of hydrogen-bond donors (Lipinski definition) is 0. The summed E-state index contributed by atoms with van der Waals surface area (Å²) in [5, 5.41) is 0. The van der Waals surface area contributed by atoms with Gasteiger partial charge in [0.1, 0.15) is 0 Å². The summed E-state index contributed by atoms with van der Waals surface area (Å²) < 4.78 is 4.17. The second-order valence-electron chi connectivity index (χ2n) is 3.80. The number of aromatic nitrogens is 1. The average Bonchev–Trinajstić information content (AvgIpc) is 2.34. The fraction of sp³-hybridized carbons (Fsp3) is 0. The first-order chi connectivity index (χ1) is 8.97. The zero-order valence-corrected chi connectivity index (χ0v) is 16.2. The monoisotopic (exact) mass is 525 g/mol. The fourth-order valence-electron chi connectivity index (χ4n) is 1.72. The van der Waals surface area contributed by atoms with Crippen molar-refractivity contribution < 1.29 is 0 Å². The van der Waals surface area contributed by atoms with Gasteiger partial charge in [-0.05, 0) is 59.9 Å². The van der Waals surface area contributed by atoms with Gasteiger partial charge in [-0.1, -0.05) is 15.9 Å². The first kappa shape index (κ1) is 14.1. The highest BCUT2D eigenvalue weighted by Gasteiger charge is 2.18. The van der Waals surface area contributed by atoms with Crippen LogP contribution in [0.1, 0.15) is 0 Å². The maximum absolute atomic E-state index is 11.8. The van der Waals surface area contributed by atoms with E-state index in [1.807, 2.05) is 12.1 Å². The van der Waals surface area contributed by atoms with Crippen molar-refractivity contribution in [3.63, 3.8) is 0 Å². The van der Waals surface area contributed by atoms with E-state index in [9.17, 15) is 4.79 Å². The van der Waals surface area contributed by atoms with Crippen LogP contribution in [0.3, 0.4) is 0 Å². The molecule has 0 radical (unpaired) electrons. The van der Waals surface area contributed by atoms with Crippen molar-refractivity contribution >= 4 is 85.3 Å². The molecule has 1 aromatic carbocycles. The minimum absolute atomic E-state index is 0.0502. The van der Waals surface area contributed by atoms with Gasteiger partial charge in [0.25, 0.3) is 0 Å². The summed E-state index contributed by atoms with van der Waals surface area (Å²) in [7, 11) is 0. The van der Waals surface area contributed by atoms with Crippen LogP contribution in [0.25, 0.3) is 20.8 Å². The van der Waals surface area contributed by atoms with E-state index in [-0.39, 0.29) is 5.43 Å². The smallest absolute Gasteiger partial charge is 0.195 e. The quantitative estimate of drug-likeness (QED) is 0.345. The molecule has 1 aliphatic heterocycles. The topological polar surface area (TPSA) is 30.0 Å². The number of halogens is 4. The average molecular weight is 529 g/mol. The number of fused-ring (bicyclic) bond motifs is 2. The summed E-state index contributed by atoms with van der Waals surface area (Å²) in [5.41, 5.74) is 1.62. The third kappa shape index (κ3) is 2.44. The highest BCUT2D eigenvalue weighted by Crippen LogP contribution is 2.41. The molecule has 19 heavy (non-hydrogen) atoms. The van der Waals surface area contributed by atoms with Gasteiger partial charge in [-0.15, -0.1) is 11.3 Å². The third-order valence-electron chi connectivity index (χ3n) is 2.54. The van der Waals surface area contributed by atoms with Gasteiger partial charge in [-0.2, -0.15) is 0 Å². The predicted molar refractivity (Wildman–Crippen MR) is 93.3 cm³/mol. The van der Waals surface area contributed by atoms with Gasteiger partial charge in [0.05, 0.1) is 25.3 Å². The van der Waals surface area contributed by atoms with Crippen LogP contribution in [0.15, 0.2) is 40.9 Å². The molecule has 0 saturated carbocycles. The Labute approximate surface area is 146 Å². The Morgan fingerprint density at radius 3 is 2.47 bits per heavy atom. The van der Waals surface area contributed by atoms with Gasteiger partial charge in [-0.3, -0.25) is 4.79 Å². The van der Waals surface area contributed by atoms with E-state index in [2.05, 4.69) is 68.7 Å². The van der Waals surface area contributed by atoms with E-state index in [1.165, 1.54) is 17.4 Å². The van der Waals surface area contributed by atoms with Crippen molar-refractivity contribution in [2.75, 3.05) is 0 Å². The first-order valence-corrected chi connectivity index (χ1v) is 9.04. The molecular weight excluding hydrogens is 526 g/mol. The van der Waals surface area contributed by atoms with Gasteiger partial charge < -0.3 is 0 Å². The molecule has 7 heteroatoms. The van der Waals surface area contributed by atoms with Crippen molar-refractivity contribution in [3.05, 3.63) is 46.3 Å². The van der Waals surface area contributed by atoms with Gasteiger partial charge >= 0.3 is 0 Å². The van der Waals surface area contributed by atoms with Crippen LogP contribution in [-0.4, -0.2) is 4.98 Å². The highest BCUT2D eigenvalue weighted by molar-refractivity contribution is 9.11. The molecule has 0 bridgehead atoms. The van der Waals surface area contributed by atoms with Crippen LogP contribution in [0, 0.1) is 0 Å². The van der Waals surface area contributed by atoms with Crippen LogP contribution >= 0.6 is 75.1 Å². The Hall–Kier alpha value is 0.180. The Balaban J connectivity index is 2.56. The molecule has 0 N–H and O–H groups in total. The number of rotatable bonds is 0.